The number of benzene rings is 1. The molecule has 3 rings (SSSR count). The maximum atomic E-state index is 12.7. The number of hydrogen-bond acceptors (Lipinski definition) is 6. The van der Waals surface area contributed by atoms with Crippen molar-refractivity contribution in [2.45, 2.75) is 11.8 Å². The molecule has 0 aliphatic carbocycles. The first kappa shape index (κ1) is 15.9. The molecule has 2 aromatic heterocycles. The molecule has 1 aromatic carbocycles. The predicted molar refractivity (Wildman–Crippen MR) is 86.3 cm³/mol. The number of methoxy groups -OCH3 is 1. The average Bonchev–Trinajstić information content (AvgIpc) is 2.96. The number of esters is 1. The Morgan fingerprint density at radius 1 is 1.17 bits per heavy atom. The number of nitrogens with one attached hydrogen (secondary N) is 1. The number of aromatic nitrogens is 3. The Morgan fingerprint density at radius 3 is 2.67 bits per heavy atom. The van der Waals surface area contributed by atoms with E-state index in [-0.39, 0.29) is 16.1 Å². The van der Waals surface area contributed by atoms with Gasteiger partial charge in [0.15, 0.2) is 5.65 Å². The minimum atomic E-state index is -4.01. The van der Waals surface area contributed by atoms with Crippen molar-refractivity contribution in [1.29, 1.82) is 0 Å². The van der Waals surface area contributed by atoms with Crippen LogP contribution in [0.25, 0.3) is 5.65 Å². The summed E-state index contributed by atoms with van der Waals surface area (Å²) in [5.74, 6) is -0.103. The summed E-state index contributed by atoms with van der Waals surface area (Å²) >= 11 is 0. The highest BCUT2D eigenvalue weighted by Gasteiger charge is 2.23. The van der Waals surface area contributed by atoms with E-state index in [1.807, 2.05) is 0 Å². The van der Waals surface area contributed by atoms with E-state index in [1.54, 1.807) is 35.7 Å². The molecule has 24 heavy (non-hydrogen) atoms. The second kappa shape index (κ2) is 5.93. The van der Waals surface area contributed by atoms with Gasteiger partial charge in [-0.2, -0.15) is 0 Å². The third-order valence-corrected chi connectivity index (χ3v) is 4.86. The zero-order valence-electron chi connectivity index (χ0n) is 12.9. The van der Waals surface area contributed by atoms with Crippen LogP contribution in [-0.2, 0) is 14.8 Å². The van der Waals surface area contributed by atoms with Gasteiger partial charge < -0.3 is 4.74 Å². The van der Waals surface area contributed by atoms with Gasteiger partial charge in [0, 0.05) is 6.20 Å². The first-order valence-corrected chi connectivity index (χ1v) is 8.43. The molecule has 2 heterocycles. The van der Waals surface area contributed by atoms with Gasteiger partial charge in [-0.15, -0.1) is 10.2 Å². The summed E-state index contributed by atoms with van der Waals surface area (Å²) in [6.07, 6.45) is 1.73. The predicted octanol–water partition coefficient (Wildman–Crippen LogP) is 1.63. The Kier molecular flexibility index (Phi) is 3.94. The van der Waals surface area contributed by atoms with Gasteiger partial charge in [-0.05, 0) is 31.2 Å². The van der Waals surface area contributed by atoms with Crippen LogP contribution in [0.1, 0.15) is 16.2 Å². The minimum absolute atomic E-state index is 0.0444. The molecule has 0 radical (unpaired) electrons. The minimum Gasteiger partial charge on any atom is -0.465 e. The third-order valence-electron chi connectivity index (χ3n) is 3.43. The summed E-state index contributed by atoms with van der Waals surface area (Å²) in [4.78, 5) is 11.6. The van der Waals surface area contributed by atoms with Crippen LogP contribution < -0.4 is 4.72 Å². The van der Waals surface area contributed by atoms with E-state index in [1.165, 1.54) is 25.3 Å². The van der Waals surface area contributed by atoms with Crippen LogP contribution in [-0.4, -0.2) is 36.1 Å². The van der Waals surface area contributed by atoms with Crippen LogP contribution >= 0.6 is 0 Å². The number of fused-ring (bicyclic) bond motifs is 1. The summed E-state index contributed by atoms with van der Waals surface area (Å²) in [7, 11) is -2.82. The quantitative estimate of drug-likeness (QED) is 0.720. The topological polar surface area (TPSA) is 103 Å². The first-order valence-electron chi connectivity index (χ1n) is 6.94. The van der Waals surface area contributed by atoms with Crippen molar-refractivity contribution >= 4 is 27.3 Å². The normalized spacial score (nSPS) is 11.4. The van der Waals surface area contributed by atoms with Crippen LogP contribution in [0.15, 0.2) is 47.5 Å². The number of carbonyl (C=O) groups is 1. The van der Waals surface area contributed by atoms with Gasteiger partial charge in [-0.3, -0.25) is 9.12 Å². The summed E-state index contributed by atoms with van der Waals surface area (Å²) in [5, 5.41) is 7.89. The van der Waals surface area contributed by atoms with Crippen molar-refractivity contribution in [1.82, 2.24) is 14.6 Å². The number of pyridine rings is 1. The Hall–Kier alpha value is -2.94. The third kappa shape index (κ3) is 2.69. The fourth-order valence-corrected chi connectivity index (χ4v) is 3.55. The number of carbonyl (C=O) groups excluding carboxylic acids is 1. The Bertz CT molecular complexity index is 1030. The van der Waals surface area contributed by atoms with Gasteiger partial charge >= 0.3 is 5.97 Å². The summed E-state index contributed by atoms with van der Waals surface area (Å²) < 4.78 is 34.2. The number of sulfonamides is 1. The Labute approximate surface area is 138 Å². The summed E-state index contributed by atoms with van der Waals surface area (Å²) in [6.45, 7) is 1.75. The van der Waals surface area contributed by atoms with E-state index in [0.29, 0.717) is 11.5 Å². The first-order chi connectivity index (χ1) is 11.4. The molecule has 0 unspecified atom stereocenters. The van der Waals surface area contributed by atoms with Crippen molar-refractivity contribution in [3.8, 4) is 0 Å². The van der Waals surface area contributed by atoms with Crippen molar-refractivity contribution in [3.05, 3.63) is 54.0 Å². The van der Waals surface area contributed by atoms with E-state index in [9.17, 15) is 13.2 Å². The highest BCUT2D eigenvalue weighted by molar-refractivity contribution is 7.92. The van der Waals surface area contributed by atoms with Gasteiger partial charge in [-0.1, -0.05) is 12.1 Å². The van der Waals surface area contributed by atoms with Crippen LogP contribution in [0.4, 0.5) is 5.69 Å². The fourth-order valence-electron chi connectivity index (χ4n) is 2.29. The van der Waals surface area contributed by atoms with Crippen LogP contribution in [0.5, 0.6) is 0 Å². The fraction of sp³-hybridized carbons (Fsp3) is 0.133. The van der Waals surface area contributed by atoms with Gasteiger partial charge in [0.25, 0.3) is 10.0 Å². The number of ether oxygens (including phenoxy) is 1. The molecule has 1 N–H and O–H groups in total. The highest BCUT2D eigenvalue weighted by atomic mass is 32.2. The lowest BCUT2D eigenvalue weighted by molar-refractivity contribution is 0.0596. The van der Waals surface area contributed by atoms with Crippen molar-refractivity contribution in [3.63, 3.8) is 0 Å². The molecule has 0 aliphatic rings. The second-order valence-corrected chi connectivity index (χ2v) is 6.61. The van der Waals surface area contributed by atoms with Crippen molar-refractivity contribution in [2.75, 3.05) is 11.8 Å². The molecule has 8 nitrogen and oxygen atoms in total. The molecule has 0 spiro atoms. The summed E-state index contributed by atoms with van der Waals surface area (Å²) in [5.41, 5.74) is 0.587. The molecule has 0 bridgehead atoms. The van der Waals surface area contributed by atoms with E-state index >= 15 is 0 Å². The lowest BCUT2D eigenvalue weighted by Gasteiger charge is -2.11. The van der Waals surface area contributed by atoms with E-state index < -0.39 is 16.0 Å². The Morgan fingerprint density at radius 2 is 1.92 bits per heavy atom. The van der Waals surface area contributed by atoms with Crippen molar-refractivity contribution in [2.24, 2.45) is 0 Å². The number of hydrogen-bond donors (Lipinski definition) is 1. The number of rotatable bonds is 4. The Balaban J connectivity index is 2.08. The van der Waals surface area contributed by atoms with E-state index in [4.69, 9.17) is 0 Å². The van der Waals surface area contributed by atoms with Gasteiger partial charge in [0.2, 0.25) is 0 Å². The zero-order valence-corrected chi connectivity index (χ0v) is 13.7. The average molecular weight is 346 g/mol. The molecule has 0 saturated carbocycles. The van der Waals surface area contributed by atoms with Crippen LogP contribution in [0.3, 0.4) is 0 Å². The van der Waals surface area contributed by atoms with Gasteiger partial charge in [0.1, 0.15) is 10.7 Å². The highest BCUT2D eigenvalue weighted by Crippen LogP contribution is 2.23. The molecule has 124 valence electrons. The monoisotopic (exact) mass is 346 g/mol. The zero-order chi connectivity index (χ0) is 17.3. The molecule has 3 aromatic rings. The lowest BCUT2D eigenvalue weighted by atomic mass is 10.2. The molecule has 0 saturated heterocycles. The van der Waals surface area contributed by atoms with E-state index in [2.05, 4.69) is 19.7 Å². The van der Waals surface area contributed by atoms with Crippen LogP contribution in [0.2, 0.25) is 0 Å². The lowest BCUT2D eigenvalue weighted by Crippen LogP contribution is -2.18. The molecule has 9 heteroatoms. The maximum absolute atomic E-state index is 12.7. The smallest absolute Gasteiger partial charge is 0.339 e. The molecule has 0 fully saturated rings. The summed E-state index contributed by atoms with van der Waals surface area (Å²) in [6, 6.07) is 9.07. The second-order valence-electron chi connectivity index (χ2n) is 4.96. The molecule has 0 amide bonds. The largest absolute Gasteiger partial charge is 0.465 e. The molecular formula is C15H14N4O4S. The molecular weight excluding hydrogens is 332 g/mol. The number of aryl methyl sites for hydroxylation is 1. The van der Waals surface area contributed by atoms with Gasteiger partial charge in [0.05, 0.1) is 18.4 Å². The van der Waals surface area contributed by atoms with E-state index in [0.717, 1.165) is 0 Å². The van der Waals surface area contributed by atoms with Gasteiger partial charge in [-0.25, -0.2) is 13.2 Å². The van der Waals surface area contributed by atoms with Crippen molar-refractivity contribution < 1.29 is 17.9 Å². The number of nitrogens with zero attached hydrogens (tertiary/aromatic N) is 3. The maximum Gasteiger partial charge on any atom is 0.339 e. The molecule has 0 atom stereocenters. The van der Waals surface area contributed by atoms with Crippen LogP contribution in [0, 0.1) is 6.92 Å². The standard InChI is InChI=1S/C15H14N4O4S/c1-10-16-17-14-12(7-5-9-19(10)14)18-24(21,22)13-8-4-3-6-11(13)15(20)23-2/h3-9,18H,1-2H3. The SMILES string of the molecule is COC(=O)c1ccccc1S(=O)(=O)Nc1cccn2c(C)nnc12. The number of anilines is 1. The molecule has 0 aliphatic heterocycles.